The van der Waals surface area contributed by atoms with E-state index >= 15 is 0 Å². The van der Waals surface area contributed by atoms with Crippen molar-refractivity contribution in [2.24, 2.45) is 0 Å². The lowest BCUT2D eigenvalue weighted by atomic mass is 10.2. The Balaban J connectivity index is 1.75. The number of rotatable bonds is 5. The Morgan fingerprint density at radius 1 is 1.11 bits per heavy atom. The Morgan fingerprint density at radius 2 is 1.81 bits per heavy atom. The molecule has 0 aliphatic heterocycles. The van der Waals surface area contributed by atoms with E-state index in [2.05, 4.69) is 10.2 Å². The zero-order chi connectivity index (χ0) is 19.0. The zero-order valence-corrected chi connectivity index (χ0v) is 15.0. The third kappa shape index (κ3) is 3.34. The Hall–Kier alpha value is -3.05. The van der Waals surface area contributed by atoms with Gasteiger partial charge in [-0.1, -0.05) is 24.3 Å². The minimum Gasteiger partial charge on any atom is -0.295 e. The van der Waals surface area contributed by atoms with E-state index in [1.54, 1.807) is 42.5 Å². The average Bonchev–Trinajstić information content (AvgIpc) is 3.40. The van der Waals surface area contributed by atoms with Gasteiger partial charge in [0.1, 0.15) is 5.82 Å². The second-order valence-electron chi connectivity index (χ2n) is 6.46. The number of nitrogens with zero attached hydrogens (tertiary/aromatic N) is 4. The molecular weight excluding hydrogens is 367 g/mol. The summed E-state index contributed by atoms with van der Waals surface area (Å²) >= 11 is 0. The second kappa shape index (κ2) is 6.59. The first-order valence-electron chi connectivity index (χ1n) is 8.41. The molecule has 3 aromatic rings. The summed E-state index contributed by atoms with van der Waals surface area (Å²) in [6.07, 6.45) is 1.61. The van der Waals surface area contributed by atoms with Crippen LogP contribution in [0.3, 0.4) is 0 Å². The molecule has 27 heavy (non-hydrogen) atoms. The monoisotopic (exact) mass is 382 g/mol. The van der Waals surface area contributed by atoms with E-state index in [-0.39, 0.29) is 28.3 Å². The first kappa shape index (κ1) is 17.4. The number of benzene rings is 2. The number of hydrogen-bond donors (Lipinski definition) is 0. The van der Waals surface area contributed by atoms with Gasteiger partial charge in [0.15, 0.2) is 5.82 Å². The quantitative estimate of drug-likeness (QED) is 0.676. The van der Waals surface area contributed by atoms with Crippen molar-refractivity contribution < 1.29 is 12.8 Å². The van der Waals surface area contributed by atoms with Crippen LogP contribution >= 0.6 is 0 Å². The van der Waals surface area contributed by atoms with Crippen LogP contribution in [0.2, 0.25) is 0 Å². The SMILES string of the molecule is N#Cc1ccc(CS(=O)(=O)c2nnc(-c3ccccc3F)n2C2CC2)cc1. The standard InChI is InChI=1S/C19H15FN4O2S/c20-17-4-2-1-3-16(17)18-22-23-19(24(18)15-9-10-15)27(25,26)12-14-7-5-13(11-21)6-8-14/h1-8,15H,9-10,12H2. The van der Waals surface area contributed by atoms with Crippen LogP contribution in [0.15, 0.2) is 53.7 Å². The molecule has 0 bridgehead atoms. The molecule has 136 valence electrons. The first-order valence-corrected chi connectivity index (χ1v) is 10.1. The highest BCUT2D eigenvalue weighted by Gasteiger charge is 2.35. The summed E-state index contributed by atoms with van der Waals surface area (Å²) in [4.78, 5) is 0. The van der Waals surface area contributed by atoms with Crippen molar-refractivity contribution in [2.75, 3.05) is 0 Å². The van der Waals surface area contributed by atoms with E-state index in [4.69, 9.17) is 5.26 Å². The first-order chi connectivity index (χ1) is 13.0. The average molecular weight is 382 g/mol. The minimum atomic E-state index is -3.78. The zero-order valence-electron chi connectivity index (χ0n) is 14.2. The molecule has 6 nitrogen and oxygen atoms in total. The predicted molar refractivity (Wildman–Crippen MR) is 95.7 cm³/mol. The normalized spacial score (nSPS) is 14.1. The van der Waals surface area contributed by atoms with Crippen molar-refractivity contribution in [1.82, 2.24) is 14.8 Å². The summed E-state index contributed by atoms with van der Waals surface area (Å²) in [5, 5.41) is 16.6. The Kier molecular flexibility index (Phi) is 4.24. The predicted octanol–water partition coefficient (Wildman–Crippen LogP) is 3.26. The highest BCUT2D eigenvalue weighted by atomic mass is 32.2. The number of halogens is 1. The highest BCUT2D eigenvalue weighted by Crippen LogP contribution is 2.40. The van der Waals surface area contributed by atoms with Crippen LogP contribution in [0.5, 0.6) is 0 Å². The fourth-order valence-corrected chi connectivity index (χ4v) is 4.40. The Morgan fingerprint density at radius 3 is 2.44 bits per heavy atom. The number of hydrogen-bond acceptors (Lipinski definition) is 5. The van der Waals surface area contributed by atoms with Crippen LogP contribution in [0.4, 0.5) is 4.39 Å². The van der Waals surface area contributed by atoms with E-state index in [0.717, 1.165) is 12.8 Å². The van der Waals surface area contributed by atoms with Crippen molar-refractivity contribution in [3.63, 3.8) is 0 Å². The van der Waals surface area contributed by atoms with Gasteiger partial charge in [0.05, 0.1) is 22.9 Å². The molecule has 1 fully saturated rings. The number of sulfone groups is 1. The van der Waals surface area contributed by atoms with Crippen molar-refractivity contribution in [3.8, 4) is 17.5 Å². The minimum absolute atomic E-state index is 0.0413. The lowest BCUT2D eigenvalue weighted by Crippen LogP contribution is -2.13. The van der Waals surface area contributed by atoms with E-state index in [1.807, 2.05) is 6.07 Å². The molecule has 2 aromatic carbocycles. The van der Waals surface area contributed by atoms with Crippen molar-refractivity contribution in [3.05, 3.63) is 65.5 Å². The molecule has 4 rings (SSSR count). The fourth-order valence-electron chi connectivity index (χ4n) is 2.94. The van der Waals surface area contributed by atoms with Gasteiger partial charge in [0.25, 0.3) is 5.16 Å². The Labute approximate surface area is 155 Å². The summed E-state index contributed by atoms with van der Waals surface area (Å²) in [6, 6.07) is 14.4. The van der Waals surface area contributed by atoms with E-state index in [9.17, 15) is 12.8 Å². The van der Waals surface area contributed by atoms with E-state index in [0.29, 0.717) is 11.1 Å². The van der Waals surface area contributed by atoms with Gasteiger partial charge in [-0.25, -0.2) is 12.8 Å². The van der Waals surface area contributed by atoms with Gasteiger partial charge in [-0.3, -0.25) is 4.57 Å². The van der Waals surface area contributed by atoms with Crippen LogP contribution in [0, 0.1) is 17.1 Å². The van der Waals surface area contributed by atoms with Crippen LogP contribution in [0.1, 0.15) is 30.0 Å². The van der Waals surface area contributed by atoms with Gasteiger partial charge in [-0.15, -0.1) is 10.2 Å². The summed E-state index contributed by atoms with van der Waals surface area (Å²) in [5.41, 5.74) is 1.24. The van der Waals surface area contributed by atoms with Gasteiger partial charge in [0.2, 0.25) is 9.84 Å². The smallest absolute Gasteiger partial charge is 0.250 e. The molecule has 0 unspecified atom stereocenters. The largest absolute Gasteiger partial charge is 0.295 e. The van der Waals surface area contributed by atoms with Crippen molar-refractivity contribution in [2.45, 2.75) is 29.8 Å². The molecule has 0 atom stereocenters. The Bertz CT molecular complexity index is 1140. The maximum absolute atomic E-state index is 14.2. The third-order valence-corrected chi connectivity index (χ3v) is 5.96. The van der Waals surface area contributed by atoms with Gasteiger partial charge in [0, 0.05) is 6.04 Å². The van der Waals surface area contributed by atoms with Gasteiger partial charge in [-0.05, 0) is 42.7 Å². The van der Waals surface area contributed by atoms with Crippen LogP contribution in [-0.2, 0) is 15.6 Å². The molecule has 0 amide bonds. The van der Waals surface area contributed by atoms with Crippen LogP contribution in [-0.4, -0.2) is 23.2 Å². The molecular formula is C19H15FN4O2S. The van der Waals surface area contributed by atoms with Gasteiger partial charge < -0.3 is 0 Å². The summed E-state index contributed by atoms with van der Waals surface area (Å²) < 4.78 is 41.7. The summed E-state index contributed by atoms with van der Waals surface area (Å²) in [6.45, 7) is 0. The van der Waals surface area contributed by atoms with E-state index in [1.165, 1.54) is 10.6 Å². The molecule has 1 heterocycles. The van der Waals surface area contributed by atoms with Crippen molar-refractivity contribution >= 4 is 9.84 Å². The molecule has 1 aliphatic rings. The highest BCUT2D eigenvalue weighted by molar-refractivity contribution is 7.90. The maximum Gasteiger partial charge on any atom is 0.250 e. The molecule has 0 spiro atoms. The van der Waals surface area contributed by atoms with Crippen LogP contribution in [0.25, 0.3) is 11.4 Å². The number of nitriles is 1. The second-order valence-corrected chi connectivity index (χ2v) is 8.34. The molecule has 1 saturated carbocycles. The van der Waals surface area contributed by atoms with Crippen molar-refractivity contribution in [1.29, 1.82) is 5.26 Å². The number of aromatic nitrogens is 3. The molecule has 0 N–H and O–H groups in total. The van der Waals surface area contributed by atoms with Crippen LogP contribution < -0.4 is 0 Å². The molecule has 1 aliphatic carbocycles. The van der Waals surface area contributed by atoms with Gasteiger partial charge in [-0.2, -0.15) is 5.26 Å². The molecule has 0 saturated heterocycles. The summed E-state index contributed by atoms with van der Waals surface area (Å²) in [7, 11) is -3.78. The van der Waals surface area contributed by atoms with E-state index < -0.39 is 15.7 Å². The lowest BCUT2D eigenvalue weighted by Gasteiger charge is -2.10. The van der Waals surface area contributed by atoms with Gasteiger partial charge >= 0.3 is 0 Å². The molecule has 8 heteroatoms. The maximum atomic E-state index is 14.2. The topological polar surface area (TPSA) is 88.6 Å². The molecule has 0 radical (unpaired) electrons. The lowest BCUT2D eigenvalue weighted by molar-refractivity contribution is 0.564. The third-order valence-electron chi connectivity index (χ3n) is 4.41. The fraction of sp³-hybridized carbons (Fsp3) is 0.211. The summed E-state index contributed by atoms with van der Waals surface area (Å²) in [5.74, 6) is -0.502. The molecule has 1 aromatic heterocycles.